The van der Waals surface area contributed by atoms with E-state index in [1.54, 1.807) is 0 Å². The predicted molar refractivity (Wildman–Crippen MR) is 64.8 cm³/mol. The van der Waals surface area contributed by atoms with Gasteiger partial charge in [0.2, 0.25) is 0 Å². The highest BCUT2D eigenvalue weighted by molar-refractivity contribution is 5.94. The van der Waals surface area contributed by atoms with Gasteiger partial charge in [-0.15, -0.1) is 0 Å². The van der Waals surface area contributed by atoms with Gasteiger partial charge in [0, 0.05) is 19.6 Å². The standard InChI is InChI=1S/C13H14F4N2O/c1-19(8-5-6-18-7-8)12(20)9-3-2-4-10(11(9)14)13(15,16)17/h2-4,8,18H,5-7H2,1H3/t8-/m1/s1. The van der Waals surface area contributed by atoms with Crippen molar-refractivity contribution in [2.75, 3.05) is 20.1 Å². The summed E-state index contributed by atoms with van der Waals surface area (Å²) in [6, 6.07) is 2.62. The molecule has 0 aromatic heterocycles. The maximum atomic E-state index is 13.9. The molecule has 1 aliphatic heterocycles. The van der Waals surface area contributed by atoms with E-state index >= 15 is 0 Å². The molecule has 110 valence electrons. The molecule has 3 nitrogen and oxygen atoms in total. The summed E-state index contributed by atoms with van der Waals surface area (Å²) < 4.78 is 51.7. The monoisotopic (exact) mass is 290 g/mol. The van der Waals surface area contributed by atoms with E-state index in [9.17, 15) is 22.4 Å². The summed E-state index contributed by atoms with van der Waals surface area (Å²) in [5.74, 6) is -2.25. The Morgan fingerprint density at radius 3 is 2.65 bits per heavy atom. The second kappa shape index (κ2) is 5.40. The lowest BCUT2D eigenvalue weighted by molar-refractivity contribution is -0.140. The average Bonchev–Trinajstić information content (AvgIpc) is 2.89. The van der Waals surface area contributed by atoms with Gasteiger partial charge in [0.1, 0.15) is 5.82 Å². The van der Waals surface area contributed by atoms with Gasteiger partial charge < -0.3 is 10.2 Å². The van der Waals surface area contributed by atoms with Gasteiger partial charge in [0.05, 0.1) is 11.1 Å². The summed E-state index contributed by atoms with van der Waals surface area (Å²) in [4.78, 5) is 13.4. The van der Waals surface area contributed by atoms with Crippen molar-refractivity contribution in [3.05, 3.63) is 35.1 Å². The van der Waals surface area contributed by atoms with E-state index in [4.69, 9.17) is 0 Å². The van der Waals surface area contributed by atoms with Gasteiger partial charge in [-0.2, -0.15) is 13.2 Å². The Morgan fingerprint density at radius 1 is 1.40 bits per heavy atom. The first kappa shape index (κ1) is 14.8. The number of hydrogen-bond acceptors (Lipinski definition) is 2. The lowest BCUT2D eigenvalue weighted by Gasteiger charge is -2.24. The van der Waals surface area contributed by atoms with Gasteiger partial charge in [-0.1, -0.05) is 6.07 Å². The molecule has 1 fully saturated rings. The molecule has 1 aliphatic rings. The lowest BCUT2D eigenvalue weighted by Crippen LogP contribution is -2.38. The van der Waals surface area contributed by atoms with E-state index in [0.29, 0.717) is 19.0 Å². The van der Waals surface area contributed by atoms with Gasteiger partial charge in [0.25, 0.3) is 5.91 Å². The fourth-order valence-corrected chi connectivity index (χ4v) is 2.24. The molecule has 1 N–H and O–H groups in total. The van der Waals surface area contributed by atoms with Crippen molar-refractivity contribution in [1.29, 1.82) is 0 Å². The van der Waals surface area contributed by atoms with Gasteiger partial charge in [0.15, 0.2) is 0 Å². The summed E-state index contributed by atoms with van der Waals surface area (Å²) in [6.45, 7) is 1.29. The molecule has 0 saturated carbocycles. The zero-order valence-corrected chi connectivity index (χ0v) is 10.8. The van der Waals surface area contributed by atoms with E-state index in [0.717, 1.165) is 18.7 Å². The molecule has 1 atom stereocenters. The van der Waals surface area contributed by atoms with Crippen molar-refractivity contribution < 1.29 is 22.4 Å². The predicted octanol–water partition coefficient (Wildman–Crippen LogP) is 2.28. The number of alkyl halides is 3. The van der Waals surface area contributed by atoms with E-state index in [1.165, 1.54) is 11.9 Å². The fraction of sp³-hybridized carbons (Fsp3) is 0.462. The number of likely N-dealkylation sites (N-methyl/N-ethyl adjacent to an activating group) is 1. The summed E-state index contributed by atoms with van der Waals surface area (Å²) in [7, 11) is 1.47. The molecule has 0 unspecified atom stereocenters. The first-order valence-electron chi connectivity index (χ1n) is 6.16. The molecule has 1 aromatic rings. The second-order valence-electron chi connectivity index (χ2n) is 4.73. The minimum absolute atomic E-state index is 0.128. The second-order valence-corrected chi connectivity index (χ2v) is 4.73. The van der Waals surface area contributed by atoms with Crippen LogP contribution in [0.4, 0.5) is 17.6 Å². The Morgan fingerprint density at radius 2 is 2.10 bits per heavy atom. The van der Waals surface area contributed by atoms with Crippen molar-refractivity contribution in [1.82, 2.24) is 10.2 Å². The highest BCUT2D eigenvalue weighted by atomic mass is 19.4. The van der Waals surface area contributed by atoms with Crippen LogP contribution in [0.3, 0.4) is 0 Å². The summed E-state index contributed by atoms with van der Waals surface area (Å²) in [6.07, 6.45) is -4.11. The quantitative estimate of drug-likeness (QED) is 0.848. The minimum atomic E-state index is -4.81. The van der Waals surface area contributed by atoms with Gasteiger partial charge in [-0.3, -0.25) is 4.79 Å². The van der Waals surface area contributed by atoms with Crippen LogP contribution in [0.2, 0.25) is 0 Å². The third-order valence-corrected chi connectivity index (χ3v) is 3.44. The molecule has 7 heteroatoms. The van der Waals surface area contributed by atoms with Crippen LogP contribution in [0.1, 0.15) is 22.3 Å². The number of halogens is 4. The van der Waals surface area contributed by atoms with Crippen LogP contribution in [0.15, 0.2) is 18.2 Å². The Bertz CT molecular complexity index is 510. The molecule has 0 radical (unpaired) electrons. The van der Waals surface area contributed by atoms with Crippen LogP contribution in [0, 0.1) is 5.82 Å². The SMILES string of the molecule is CN(C(=O)c1cccc(C(F)(F)F)c1F)[C@@H]1CCNC1. The Hall–Kier alpha value is -1.63. The van der Waals surface area contributed by atoms with Crippen LogP contribution in [-0.2, 0) is 6.18 Å². The first-order chi connectivity index (χ1) is 9.32. The van der Waals surface area contributed by atoms with Crippen LogP contribution < -0.4 is 5.32 Å². The molecule has 0 aliphatic carbocycles. The van der Waals surface area contributed by atoms with Gasteiger partial charge in [-0.05, 0) is 25.1 Å². The molecule has 1 heterocycles. The maximum Gasteiger partial charge on any atom is 0.419 e. The fourth-order valence-electron chi connectivity index (χ4n) is 2.24. The Kier molecular flexibility index (Phi) is 3.99. The number of nitrogens with one attached hydrogen (secondary N) is 1. The number of rotatable bonds is 2. The van der Waals surface area contributed by atoms with Crippen LogP contribution >= 0.6 is 0 Å². The molecular weight excluding hydrogens is 276 g/mol. The lowest BCUT2D eigenvalue weighted by atomic mass is 10.1. The van der Waals surface area contributed by atoms with Crippen LogP contribution in [0.25, 0.3) is 0 Å². The zero-order chi connectivity index (χ0) is 14.9. The maximum absolute atomic E-state index is 13.9. The first-order valence-corrected chi connectivity index (χ1v) is 6.16. The normalized spacial score (nSPS) is 19.1. The van der Waals surface area contributed by atoms with E-state index < -0.39 is 29.0 Å². The molecule has 20 heavy (non-hydrogen) atoms. The molecular formula is C13H14F4N2O. The number of carbonyl (C=O) groups is 1. The van der Waals surface area contributed by atoms with Crippen molar-refractivity contribution >= 4 is 5.91 Å². The van der Waals surface area contributed by atoms with E-state index in [-0.39, 0.29) is 6.04 Å². The molecule has 0 bridgehead atoms. The van der Waals surface area contributed by atoms with Crippen molar-refractivity contribution in [2.24, 2.45) is 0 Å². The largest absolute Gasteiger partial charge is 0.419 e. The third-order valence-electron chi connectivity index (χ3n) is 3.44. The number of hydrogen-bond donors (Lipinski definition) is 1. The summed E-state index contributed by atoms with van der Waals surface area (Å²) >= 11 is 0. The van der Waals surface area contributed by atoms with Crippen molar-refractivity contribution in [3.8, 4) is 0 Å². The molecule has 1 aromatic carbocycles. The highest BCUT2D eigenvalue weighted by Crippen LogP contribution is 2.32. The van der Waals surface area contributed by atoms with Crippen LogP contribution in [-0.4, -0.2) is 37.0 Å². The molecule has 1 amide bonds. The minimum Gasteiger partial charge on any atom is -0.337 e. The van der Waals surface area contributed by atoms with Crippen molar-refractivity contribution in [2.45, 2.75) is 18.6 Å². The zero-order valence-electron chi connectivity index (χ0n) is 10.8. The van der Waals surface area contributed by atoms with E-state index in [1.807, 2.05) is 0 Å². The smallest absolute Gasteiger partial charge is 0.337 e. The number of nitrogens with zero attached hydrogens (tertiary/aromatic N) is 1. The summed E-state index contributed by atoms with van der Waals surface area (Å²) in [5.41, 5.74) is -1.96. The van der Waals surface area contributed by atoms with E-state index in [2.05, 4.69) is 5.32 Å². The number of carbonyl (C=O) groups excluding carboxylic acids is 1. The Labute approximate surface area is 113 Å². The van der Waals surface area contributed by atoms with Crippen molar-refractivity contribution in [3.63, 3.8) is 0 Å². The topological polar surface area (TPSA) is 32.3 Å². The average molecular weight is 290 g/mol. The van der Waals surface area contributed by atoms with Gasteiger partial charge in [-0.25, -0.2) is 4.39 Å². The van der Waals surface area contributed by atoms with Crippen LogP contribution in [0.5, 0.6) is 0 Å². The molecule has 2 rings (SSSR count). The molecule has 0 spiro atoms. The number of amides is 1. The third kappa shape index (κ3) is 2.77. The Balaban J connectivity index is 2.30. The molecule has 1 saturated heterocycles. The van der Waals surface area contributed by atoms with Gasteiger partial charge >= 0.3 is 6.18 Å². The highest BCUT2D eigenvalue weighted by Gasteiger charge is 2.36. The number of benzene rings is 1. The summed E-state index contributed by atoms with van der Waals surface area (Å²) in [5, 5.41) is 3.04.